The van der Waals surface area contributed by atoms with E-state index in [9.17, 15) is 4.79 Å². The number of ether oxygens (including phenoxy) is 2. The Labute approximate surface area is 108 Å². The van der Waals surface area contributed by atoms with Crippen LogP contribution >= 0.6 is 11.8 Å². The summed E-state index contributed by atoms with van der Waals surface area (Å²) in [5.74, 6) is 0.138. The zero-order chi connectivity index (χ0) is 12.7. The fraction of sp³-hybridized carbons (Fsp3) is 0.769. The van der Waals surface area contributed by atoms with Gasteiger partial charge in [-0.2, -0.15) is 0 Å². The Hall–Kier alpha value is -0.320. The third-order valence-corrected chi connectivity index (χ3v) is 3.18. The van der Waals surface area contributed by atoms with Gasteiger partial charge in [0.05, 0.1) is 13.2 Å². The van der Waals surface area contributed by atoms with Crippen LogP contribution in [0.3, 0.4) is 0 Å². The predicted octanol–water partition coefficient (Wildman–Crippen LogP) is 3.14. The van der Waals surface area contributed by atoms with Crippen LogP contribution in [0.15, 0.2) is 11.5 Å². The van der Waals surface area contributed by atoms with Crippen LogP contribution < -0.4 is 0 Å². The Morgan fingerprint density at radius 3 is 2.59 bits per heavy atom. The number of rotatable bonds is 5. The molecule has 0 spiro atoms. The third-order valence-electron chi connectivity index (χ3n) is 2.20. The van der Waals surface area contributed by atoms with Crippen molar-refractivity contribution >= 4 is 17.5 Å². The van der Waals surface area contributed by atoms with E-state index in [-0.39, 0.29) is 16.8 Å². The van der Waals surface area contributed by atoms with E-state index in [0.717, 1.165) is 19.6 Å². The molecule has 1 fully saturated rings. The molecular weight excluding hydrogens is 236 g/mol. The number of hydrogen-bond donors (Lipinski definition) is 0. The summed E-state index contributed by atoms with van der Waals surface area (Å²) in [6, 6.07) is 0. The highest BCUT2D eigenvalue weighted by atomic mass is 32.2. The molecule has 4 heteroatoms. The summed E-state index contributed by atoms with van der Waals surface area (Å²) in [7, 11) is 0. The number of carbonyl (C=O) groups excluding carboxylic acids is 1. The minimum atomic E-state index is -0.184. The molecule has 3 nitrogen and oxygen atoms in total. The monoisotopic (exact) mass is 258 g/mol. The Kier molecular flexibility index (Phi) is 6.23. The van der Waals surface area contributed by atoms with Gasteiger partial charge in [-0.25, -0.2) is 0 Å². The minimum absolute atomic E-state index is 0.138. The molecule has 1 saturated heterocycles. The van der Waals surface area contributed by atoms with E-state index in [1.807, 2.05) is 5.41 Å². The highest BCUT2D eigenvalue weighted by Crippen LogP contribution is 2.24. The van der Waals surface area contributed by atoms with E-state index < -0.39 is 0 Å². The van der Waals surface area contributed by atoms with Crippen molar-refractivity contribution in [2.75, 3.05) is 13.2 Å². The maximum Gasteiger partial charge on any atom is 0.158 e. The SMILES string of the molecule is CC(C)(C)S/C=C/C(=O)CCC1OCCCO1. The predicted molar refractivity (Wildman–Crippen MR) is 71.0 cm³/mol. The van der Waals surface area contributed by atoms with Crippen molar-refractivity contribution < 1.29 is 14.3 Å². The average molecular weight is 258 g/mol. The minimum Gasteiger partial charge on any atom is -0.353 e. The van der Waals surface area contributed by atoms with Crippen molar-refractivity contribution in [1.29, 1.82) is 0 Å². The van der Waals surface area contributed by atoms with E-state index in [4.69, 9.17) is 9.47 Å². The number of thioether (sulfide) groups is 1. The Bertz CT molecular complexity index is 262. The molecule has 0 unspecified atom stereocenters. The van der Waals surface area contributed by atoms with Crippen molar-refractivity contribution in [3.63, 3.8) is 0 Å². The van der Waals surface area contributed by atoms with Gasteiger partial charge in [-0.15, -0.1) is 11.8 Å². The zero-order valence-corrected chi connectivity index (χ0v) is 11.7. The average Bonchev–Trinajstić information content (AvgIpc) is 2.26. The maximum absolute atomic E-state index is 11.6. The lowest BCUT2D eigenvalue weighted by atomic mass is 10.2. The first-order valence-electron chi connectivity index (χ1n) is 6.08. The molecule has 98 valence electrons. The number of allylic oxidation sites excluding steroid dienone is 1. The summed E-state index contributed by atoms with van der Waals surface area (Å²) in [6.07, 6.45) is 3.57. The zero-order valence-electron chi connectivity index (χ0n) is 10.9. The van der Waals surface area contributed by atoms with E-state index in [2.05, 4.69) is 20.8 Å². The first kappa shape index (κ1) is 14.7. The quantitative estimate of drug-likeness (QED) is 0.710. The highest BCUT2D eigenvalue weighted by Gasteiger charge is 2.15. The van der Waals surface area contributed by atoms with Crippen molar-refractivity contribution in [2.24, 2.45) is 0 Å². The van der Waals surface area contributed by atoms with Gasteiger partial charge >= 0.3 is 0 Å². The van der Waals surface area contributed by atoms with Gasteiger partial charge in [0.2, 0.25) is 0 Å². The lowest BCUT2D eigenvalue weighted by molar-refractivity contribution is -0.181. The molecule has 0 atom stereocenters. The van der Waals surface area contributed by atoms with E-state index in [0.29, 0.717) is 12.8 Å². The van der Waals surface area contributed by atoms with Gasteiger partial charge in [0.1, 0.15) is 0 Å². The van der Waals surface area contributed by atoms with Crippen LogP contribution in [0.2, 0.25) is 0 Å². The van der Waals surface area contributed by atoms with Crippen LogP contribution in [-0.2, 0) is 14.3 Å². The van der Waals surface area contributed by atoms with Gasteiger partial charge in [0.15, 0.2) is 12.1 Å². The lowest BCUT2D eigenvalue weighted by Gasteiger charge is -2.22. The normalized spacial score (nSPS) is 18.8. The van der Waals surface area contributed by atoms with Crippen molar-refractivity contribution in [2.45, 2.75) is 51.1 Å². The molecule has 0 saturated carbocycles. The molecule has 0 N–H and O–H groups in total. The van der Waals surface area contributed by atoms with Gasteiger partial charge in [0.25, 0.3) is 0 Å². The number of hydrogen-bond acceptors (Lipinski definition) is 4. The van der Waals surface area contributed by atoms with E-state index in [1.54, 1.807) is 17.8 Å². The molecular formula is C13H22O3S. The Morgan fingerprint density at radius 1 is 1.35 bits per heavy atom. The molecule has 0 aromatic carbocycles. The summed E-state index contributed by atoms with van der Waals surface area (Å²) in [5, 5.41) is 1.88. The standard InChI is InChI=1S/C13H22O3S/c1-13(2,3)17-10-7-11(14)5-6-12-15-8-4-9-16-12/h7,10,12H,4-6,8-9H2,1-3H3/b10-7+. The molecule has 0 aromatic rings. The van der Waals surface area contributed by atoms with Crippen LogP contribution in [0.25, 0.3) is 0 Å². The van der Waals surface area contributed by atoms with E-state index >= 15 is 0 Å². The van der Waals surface area contributed by atoms with Crippen LogP contribution in [0.5, 0.6) is 0 Å². The molecule has 1 aliphatic rings. The summed E-state index contributed by atoms with van der Waals surface area (Å²) in [4.78, 5) is 11.6. The Balaban J connectivity index is 2.16. The van der Waals surface area contributed by atoms with Gasteiger partial charge in [-0.05, 0) is 17.9 Å². The van der Waals surface area contributed by atoms with Crippen LogP contribution in [0.4, 0.5) is 0 Å². The summed E-state index contributed by atoms with van der Waals surface area (Å²) in [5.41, 5.74) is 0. The van der Waals surface area contributed by atoms with E-state index in [1.165, 1.54) is 0 Å². The molecule has 1 rings (SSSR count). The van der Waals surface area contributed by atoms with Gasteiger partial charge in [-0.3, -0.25) is 4.79 Å². The van der Waals surface area contributed by atoms with Gasteiger partial charge in [-0.1, -0.05) is 20.8 Å². The molecule has 0 radical (unpaired) electrons. The van der Waals surface area contributed by atoms with Gasteiger partial charge < -0.3 is 9.47 Å². The van der Waals surface area contributed by atoms with Crippen LogP contribution in [0, 0.1) is 0 Å². The fourth-order valence-corrected chi connectivity index (χ4v) is 1.99. The number of ketones is 1. The molecule has 0 aliphatic carbocycles. The molecule has 0 amide bonds. The molecule has 0 bridgehead atoms. The molecule has 0 aromatic heterocycles. The fourth-order valence-electron chi connectivity index (χ4n) is 1.36. The van der Waals surface area contributed by atoms with Crippen molar-refractivity contribution in [3.8, 4) is 0 Å². The second-order valence-electron chi connectivity index (χ2n) is 5.06. The second-order valence-corrected chi connectivity index (χ2v) is 6.80. The summed E-state index contributed by atoms with van der Waals surface area (Å²) in [6.45, 7) is 7.85. The smallest absolute Gasteiger partial charge is 0.158 e. The first-order chi connectivity index (χ1) is 7.97. The van der Waals surface area contributed by atoms with Crippen LogP contribution in [0.1, 0.15) is 40.0 Å². The maximum atomic E-state index is 11.6. The van der Waals surface area contributed by atoms with Crippen molar-refractivity contribution in [3.05, 3.63) is 11.5 Å². The molecule has 1 heterocycles. The second kappa shape index (κ2) is 7.19. The lowest BCUT2D eigenvalue weighted by Crippen LogP contribution is -2.25. The Morgan fingerprint density at radius 2 is 2.00 bits per heavy atom. The first-order valence-corrected chi connectivity index (χ1v) is 6.96. The molecule has 17 heavy (non-hydrogen) atoms. The van der Waals surface area contributed by atoms with Crippen molar-refractivity contribution in [1.82, 2.24) is 0 Å². The highest BCUT2D eigenvalue weighted by molar-refractivity contribution is 8.03. The summed E-state index contributed by atoms with van der Waals surface area (Å²) >= 11 is 1.66. The largest absolute Gasteiger partial charge is 0.353 e. The third kappa shape index (κ3) is 7.58. The summed E-state index contributed by atoms with van der Waals surface area (Å²) < 4.78 is 10.9. The van der Waals surface area contributed by atoms with Crippen LogP contribution in [-0.4, -0.2) is 30.0 Å². The topological polar surface area (TPSA) is 35.5 Å². The van der Waals surface area contributed by atoms with Gasteiger partial charge in [0, 0.05) is 17.6 Å². The number of carbonyl (C=O) groups is 1. The molecule has 1 aliphatic heterocycles.